The Labute approximate surface area is 117 Å². The van der Waals surface area contributed by atoms with E-state index in [9.17, 15) is 4.79 Å². The van der Waals surface area contributed by atoms with E-state index in [1.54, 1.807) is 0 Å². The Morgan fingerprint density at radius 2 is 1.74 bits per heavy atom. The van der Waals surface area contributed by atoms with Crippen LogP contribution in [-0.4, -0.2) is 54.0 Å². The van der Waals surface area contributed by atoms with Gasteiger partial charge in [-0.25, -0.2) is 0 Å². The summed E-state index contributed by atoms with van der Waals surface area (Å²) in [7, 11) is 0. The normalized spacial score (nSPS) is 31.2. The third-order valence-electron chi connectivity index (χ3n) is 4.96. The summed E-state index contributed by atoms with van der Waals surface area (Å²) in [6, 6.07) is 0.969. The lowest BCUT2D eigenvalue weighted by molar-refractivity contribution is -0.138. The van der Waals surface area contributed by atoms with Gasteiger partial charge in [-0.05, 0) is 39.0 Å². The zero-order valence-corrected chi connectivity index (χ0v) is 12.5. The van der Waals surface area contributed by atoms with Crippen LogP contribution in [0.4, 0.5) is 0 Å². The number of hydrogen-bond acceptors (Lipinski definition) is 3. The minimum atomic E-state index is 0.245. The molecule has 1 saturated heterocycles. The van der Waals surface area contributed by atoms with Crippen LogP contribution in [0, 0.1) is 5.92 Å². The average Bonchev–Trinajstić information content (AvgIpc) is 2.46. The molecule has 2 rings (SSSR count). The monoisotopic (exact) mass is 267 g/mol. The second-order valence-electron chi connectivity index (χ2n) is 6.23. The van der Waals surface area contributed by atoms with Crippen molar-refractivity contribution in [1.82, 2.24) is 9.80 Å². The van der Waals surface area contributed by atoms with Gasteiger partial charge in [0.05, 0.1) is 0 Å². The topological polar surface area (TPSA) is 49.6 Å². The molecule has 0 aromatic rings. The predicted molar refractivity (Wildman–Crippen MR) is 77.8 cm³/mol. The Morgan fingerprint density at radius 3 is 2.26 bits per heavy atom. The summed E-state index contributed by atoms with van der Waals surface area (Å²) in [5.74, 6) is 0.630. The van der Waals surface area contributed by atoms with Gasteiger partial charge in [0.15, 0.2) is 0 Å². The van der Waals surface area contributed by atoms with Gasteiger partial charge in [0, 0.05) is 44.2 Å². The molecule has 4 nitrogen and oxygen atoms in total. The van der Waals surface area contributed by atoms with E-state index < -0.39 is 0 Å². The van der Waals surface area contributed by atoms with Crippen molar-refractivity contribution in [2.24, 2.45) is 11.7 Å². The first-order chi connectivity index (χ1) is 9.11. The maximum atomic E-state index is 12.5. The van der Waals surface area contributed by atoms with Gasteiger partial charge in [-0.15, -0.1) is 0 Å². The second-order valence-corrected chi connectivity index (χ2v) is 6.23. The van der Waals surface area contributed by atoms with Crippen molar-refractivity contribution < 1.29 is 4.79 Å². The van der Waals surface area contributed by atoms with Crippen LogP contribution in [0.15, 0.2) is 0 Å². The molecule has 110 valence electrons. The number of carbonyl (C=O) groups excluding carboxylic acids is 1. The molecule has 1 aliphatic carbocycles. The number of amides is 1. The Balaban J connectivity index is 1.79. The highest BCUT2D eigenvalue weighted by molar-refractivity contribution is 5.79. The fraction of sp³-hybridized carbons (Fsp3) is 0.933. The van der Waals surface area contributed by atoms with Crippen molar-refractivity contribution in [2.45, 2.75) is 58.0 Å². The molecule has 1 atom stereocenters. The number of piperazine rings is 1. The Kier molecular flexibility index (Phi) is 5.22. The van der Waals surface area contributed by atoms with Gasteiger partial charge < -0.3 is 10.6 Å². The van der Waals surface area contributed by atoms with Gasteiger partial charge in [-0.3, -0.25) is 9.69 Å². The molecule has 2 aliphatic rings. The Morgan fingerprint density at radius 1 is 1.16 bits per heavy atom. The summed E-state index contributed by atoms with van der Waals surface area (Å²) in [5.41, 5.74) is 5.91. The van der Waals surface area contributed by atoms with Crippen LogP contribution in [0.25, 0.3) is 0 Å². The minimum Gasteiger partial charge on any atom is -0.340 e. The fourth-order valence-corrected chi connectivity index (χ4v) is 3.27. The summed E-state index contributed by atoms with van der Waals surface area (Å²) in [6.45, 7) is 8.39. The zero-order valence-electron chi connectivity index (χ0n) is 12.5. The van der Waals surface area contributed by atoms with E-state index in [1.807, 2.05) is 0 Å². The van der Waals surface area contributed by atoms with Gasteiger partial charge in [0.1, 0.15) is 0 Å². The molecule has 0 aromatic carbocycles. The molecule has 2 N–H and O–H groups in total. The maximum Gasteiger partial charge on any atom is 0.225 e. The van der Waals surface area contributed by atoms with E-state index in [-0.39, 0.29) is 5.92 Å². The number of hydrogen-bond donors (Lipinski definition) is 1. The zero-order chi connectivity index (χ0) is 13.8. The van der Waals surface area contributed by atoms with E-state index in [2.05, 4.69) is 23.6 Å². The highest BCUT2D eigenvalue weighted by atomic mass is 16.2. The predicted octanol–water partition coefficient (Wildman–Crippen LogP) is 1.45. The van der Waals surface area contributed by atoms with Crippen LogP contribution in [0.5, 0.6) is 0 Å². The van der Waals surface area contributed by atoms with Crippen LogP contribution >= 0.6 is 0 Å². The first-order valence-corrected chi connectivity index (χ1v) is 7.90. The van der Waals surface area contributed by atoms with Crippen molar-refractivity contribution in [2.75, 3.05) is 26.2 Å². The molecule has 19 heavy (non-hydrogen) atoms. The average molecular weight is 267 g/mol. The Bertz CT molecular complexity index is 292. The molecule has 0 spiro atoms. The third kappa shape index (κ3) is 3.69. The Hall–Kier alpha value is -0.610. The molecule has 0 aromatic heterocycles. The maximum absolute atomic E-state index is 12.5. The molecule has 1 amide bonds. The van der Waals surface area contributed by atoms with E-state index in [0.717, 1.165) is 51.9 Å². The van der Waals surface area contributed by atoms with Gasteiger partial charge in [0.2, 0.25) is 5.91 Å². The molecule has 2 fully saturated rings. The number of nitrogens with zero attached hydrogens (tertiary/aromatic N) is 2. The molecule has 4 heteroatoms. The SMILES string of the molecule is CCC(C)N1CCN(C(=O)C2CCC(N)CC2)CC1. The van der Waals surface area contributed by atoms with Crippen molar-refractivity contribution in [3.8, 4) is 0 Å². The first-order valence-electron chi connectivity index (χ1n) is 7.90. The van der Waals surface area contributed by atoms with Crippen molar-refractivity contribution >= 4 is 5.91 Å². The minimum absolute atomic E-state index is 0.245. The summed E-state index contributed by atoms with van der Waals surface area (Å²) in [5, 5.41) is 0. The lowest BCUT2D eigenvalue weighted by Gasteiger charge is -2.39. The largest absolute Gasteiger partial charge is 0.340 e. The molecule has 0 bridgehead atoms. The van der Waals surface area contributed by atoms with Gasteiger partial charge >= 0.3 is 0 Å². The second kappa shape index (κ2) is 6.71. The lowest BCUT2D eigenvalue weighted by atomic mass is 9.85. The third-order valence-corrected chi connectivity index (χ3v) is 4.96. The molecular formula is C15H29N3O. The van der Waals surface area contributed by atoms with E-state index in [1.165, 1.54) is 6.42 Å². The van der Waals surface area contributed by atoms with E-state index in [0.29, 0.717) is 18.0 Å². The molecule has 0 radical (unpaired) electrons. The van der Waals surface area contributed by atoms with Crippen molar-refractivity contribution in [3.63, 3.8) is 0 Å². The van der Waals surface area contributed by atoms with Crippen LogP contribution in [0.2, 0.25) is 0 Å². The summed E-state index contributed by atoms with van der Waals surface area (Å²) in [6.07, 6.45) is 5.21. The molecule has 1 aliphatic heterocycles. The standard InChI is InChI=1S/C15H29N3O/c1-3-12(2)17-8-10-18(11-9-17)15(19)13-4-6-14(16)7-5-13/h12-14H,3-11,16H2,1-2H3. The number of carbonyl (C=O) groups is 1. The van der Waals surface area contributed by atoms with Gasteiger partial charge in [0.25, 0.3) is 0 Å². The first kappa shape index (κ1) is 14.8. The van der Waals surface area contributed by atoms with Gasteiger partial charge in [-0.2, -0.15) is 0 Å². The smallest absolute Gasteiger partial charge is 0.225 e. The van der Waals surface area contributed by atoms with Crippen LogP contribution in [0.3, 0.4) is 0 Å². The summed E-state index contributed by atoms with van der Waals surface area (Å²) < 4.78 is 0. The molecule has 1 unspecified atom stereocenters. The fourth-order valence-electron chi connectivity index (χ4n) is 3.27. The van der Waals surface area contributed by atoms with Crippen LogP contribution < -0.4 is 5.73 Å². The highest BCUT2D eigenvalue weighted by Gasteiger charge is 2.30. The quantitative estimate of drug-likeness (QED) is 0.842. The van der Waals surface area contributed by atoms with Crippen LogP contribution in [-0.2, 0) is 4.79 Å². The number of nitrogens with two attached hydrogens (primary N) is 1. The number of rotatable bonds is 3. The van der Waals surface area contributed by atoms with Crippen molar-refractivity contribution in [3.05, 3.63) is 0 Å². The van der Waals surface area contributed by atoms with E-state index in [4.69, 9.17) is 5.73 Å². The summed E-state index contributed by atoms with van der Waals surface area (Å²) in [4.78, 5) is 17.1. The summed E-state index contributed by atoms with van der Waals surface area (Å²) >= 11 is 0. The van der Waals surface area contributed by atoms with Crippen molar-refractivity contribution in [1.29, 1.82) is 0 Å². The molecule has 1 saturated carbocycles. The highest BCUT2D eigenvalue weighted by Crippen LogP contribution is 2.25. The molecular weight excluding hydrogens is 238 g/mol. The van der Waals surface area contributed by atoms with Gasteiger partial charge in [-0.1, -0.05) is 6.92 Å². The van der Waals surface area contributed by atoms with E-state index >= 15 is 0 Å². The molecule has 1 heterocycles. The van der Waals surface area contributed by atoms with Crippen LogP contribution in [0.1, 0.15) is 46.0 Å². The lowest BCUT2D eigenvalue weighted by Crippen LogP contribution is -2.52.